The Morgan fingerprint density at radius 2 is 2.05 bits per heavy atom. The van der Waals surface area contributed by atoms with Gasteiger partial charge in [0.25, 0.3) is 0 Å². The van der Waals surface area contributed by atoms with E-state index in [4.69, 9.17) is 9.84 Å². The molecule has 2 aromatic carbocycles. The molecule has 0 aromatic heterocycles. The van der Waals surface area contributed by atoms with Crippen molar-refractivity contribution in [2.45, 2.75) is 26.0 Å². The van der Waals surface area contributed by atoms with Crippen LogP contribution in [0.25, 0.3) is 10.8 Å². The summed E-state index contributed by atoms with van der Waals surface area (Å²) < 4.78 is 5.68. The highest BCUT2D eigenvalue weighted by molar-refractivity contribution is 5.88. The summed E-state index contributed by atoms with van der Waals surface area (Å²) in [7, 11) is 1.86. The lowest BCUT2D eigenvalue weighted by atomic mass is 10.0. The number of ether oxygens (including phenoxy) is 1. The summed E-state index contributed by atoms with van der Waals surface area (Å²) in [6, 6.07) is 11.8. The Balaban J connectivity index is 2.46. The van der Waals surface area contributed by atoms with Crippen LogP contribution in [0.4, 0.5) is 0 Å². The standard InChI is InChI=1S/C16H19NO3/c1-3-14(16(18)19)20-15-9-8-11-6-4-5-7-12(11)13(15)10-17-2/h4-9,14,17H,3,10H2,1-2H3,(H,18,19). The van der Waals surface area contributed by atoms with Gasteiger partial charge in [-0.3, -0.25) is 0 Å². The number of hydrogen-bond acceptors (Lipinski definition) is 3. The summed E-state index contributed by atoms with van der Waals surface area (Å²) in [4.78, 5) is 11.1. The van der Waals surface area contributed by atoms with Crippen LogP contribution in [0.1, 0.15) is 18.9 Å². The first-order valence-electron chi connectivity index (χ1n) is 6.72. The van der Waals surface area contributed by atoms with Crippen LogP contribution in [0.3, 0.4) is 0 Å². The van der Waals surface area contributed by atoms with Gasteiger partial charge < -0.3 is 15.2 Å². The lowest BCUT2D eigenvalue weighted by Gasteiger charge is -2.18. The molecular formula is C16H19NO3. The first-order chi connectivity index (χ1) is 9.67. The Morgan fingerprint density at radius 1 is 1.30 bits per heavy atom. The average molecular weight is 273 g/mol. The number of nitrogens with one attached hydrogen (secondary N) is 1. The maximum Gasteiger partial charge on any atom is 0.344 e. The third-order valence-corrected chi connectivity index (χ3v) is 3.27. The molecule has 20 heavy (non-hydrogen) atoms. The van der Waals surface area contributed by atoms with Crippen LogP contribution in [0.2, 0.25) is 0 Å². The SMILES string of the molecule is CCC(Oc1ccc2ccccc2c1CNC)C(=O)O. The van der Waals surface area contributed by atoms with E-state index >= 15 is 0 Å². The zero-order valence-electron chi connectivity index (χ0n) is 11.7. The highest BCUT2D eigenvalue weighted by Gasteiger charge is 2.19. The number of rotatable bonds is 6. The molecule has 2 aromatic rings. The third kappa shape index (κ3) is 2.91. The van der Waals surface area contributed by atoms with Crippen LogP contribution in [0.5, 0.6) is 5.75 Å². The highest BCUT2D eigenvalue weighted by atomic mass is 16.5. The van der Waals surface area contributed by atoms with Crippen molar-refractivity contribution in [2.75, 3.05) is 7.05 Å². The van der Waals surface area contributed by atoms with Gasteiger partial charge in [0.2, 0.25) is 0 Å². The van der Waals surface area contributed by atoms with Crippen LogP contribution in [0.15, 0.2) is 36.4 Å². The van der Waals surface area contributed by atoms with Gasteiger partial charge in [-0.1, -0.05) is 37.3 Å². The molecular weight excluding hydrogens is 254 g/mol. The van der Waals surface area contributed by atoms with Crippen LogP contribution >= 0.6 is 0 Å². The number of carbonyl (C=O) groups is 1. The van der Waals surface area contributed by atoms with Crippen molar-refractivity contribution in [3.05, 3.63) is 42.0 Å². The summed E-state index contributed by atoms with van der Waals surface area (Å²) >= 11 is 0. The molecule has 4 heteroatoms. The quantitative estimate of drug-likeness (QED) is 0.849. The normalized spacial score (nSPS) is 12.3. The first-order valence-corrected chi connectivity index (χ1v) is 6.72. The minimum Gasteiger partial charge on any atom is -0.479 e. The van der Waals surface area contributed by atoms with E-state index in [-0.39, 0.29) is 0 Å². The second-order valence-electron chi connectivity index (χ2n) is 4.65. The fraction of sp³-hybridized carbons (Fsp3) is 0.312. The molecule has 0 spiro atoms. The van der Waals surface area contributed by atoms with Gasteiger partial charge in [-0.2, -0.15) is 0 Å². The van der Waals surface area contributed by atoms with Crippen molar-refractivity contribution in [3.8, 4) is 5.75 Å². The molecule has 0 radical (unpaired) electrons. The third-order valence-electron chi connectivity index (χ3n) is 3.27. The minimum absolute atomic E-state index is 0.432. The summed E-state index contributed by atoms with van der Waals surface area (Å²) in [5.41, 5.74) is 0.991. The van der Waals surface area contributed by atoms with E-state index in [2.05, 4.69) is 5.32 Å². The Labute approximate surface area is 118 Å². The Kier molecular flexibility index (Phi) is 4.58. The molecule has 0 heterocycles. The number of fused-ring (bicyclic) bond motifs is 1. The molecule has 0 amide bonds. The van der Waals surface area contributed by atoms with Crippen LogP contribution in [-0.4, -0.2) is 24.2 Å². The number of hydrogen-bond donors (Lipinski definition) is 2. The molecule has 1 atom stereocenters. The molecule has 0 saturated carbocycles. The van der Waals surface area contributed by atoms with E-state index < -0.39 is 12.1 Å². The predicted octanol–water partition coefficient (Wildman–Crippen LogP) is 2.80. The van der Waals surface area contributed by atoms with Gasteiger partial charge in [0.15, 0.2) is 6.10 Å². The topological polar surface area (TPSA) is 58.6 Å². The molecule has 0 aliphatic carbocycles. The molecule has 2 N–H and O–H groups in total. The van der Waals surface area contributed by atoms with Crippen molar-refractivity contribution >= 4 is 16.7 Å². The Bertz CT molecular complexity index is 610. The van der Waals surface area contributed by atoms with Gasteiger partial charge in [-0.15, -0.1) is 0 Å². The van der Waals surface area contributed by atoms with Gasteiger partial charge in [-0.25, -0.2) is 4.79 Å². The minimum atomic E-state index is -0.934. The second-order valence-corrected chi connectivity index (χ2v) is 4.65. The zero-order valence-corrected chi connectivity index (χ0v) is 11.7. The molecule has 4 nitrogen and oxygen atoms in total. The average Bonchev–Trinajstić information content (AvgIpc) is 2.46. The fourth-order valence-electron chi connectivity index (χ4n) is 2.25. The van der Waals surface area contributed by atoms with E-state index in [1.807, 2.05) is 43.4 Å². The summed E-state index contributed by atoms with van der Waals surface area (Å²) in [6.45, 7) is 2.43. The molecule has 0 bridgehead atoms. The summed E-state index contributed by atoms with van der Waals surface area (Å²) in [5, 5.41) is 14.4. The Morgan fingerprint density at radius 3 is 2.70 bits per heavy atom. The van der Waals surface area contributed by atoms with Gasteiger partial charge in [0, 0.05) is 12.1 Å². The van der Waals surface area contributed by atoms with Crippen molar-refractivity contribution in [1.82, 2.24) is 5.32 Å². The van der Waals surface area contributed by atoms with Crippen LogP contribution < -0.4 is 10.1 Å². The molecule has 1 unspecified atom stereocenters. The van der Waals surface area contributed by atoms with Gasteiger partial charge in [-0.05, 0) is 30.3 Å². The molecule has 106 valence electrons. The number of carboxylic acid groups (broad SMARTS) is 1. The molecule has 2 rings (SSSR count). The number of aliphatic carboxylic acids is 1. The maximum atomic E-state index is 11.1. The van der Waals surface area contributed by atoms with E-state index in [9.17, 15) is 4.79 Å². The molecule has 0 aliphatic heterocycles. The van der Waals surface area contributed by atoms with Gasteiger partial charge >= 0.3 is 5.97 Å². The Hall–Kier alpha value is -2.07. The van der Waals surface area contributed by atoms with Crippen LogP contribution in [0, 0.1) is 0 Å². The van der Waals surface area contributed by atoms with E-state index in [1.54, 1.807) is 6.92 Å². The van der Waals surface area contributed by atoms with Crippen molar-refractivity contribution in [1.29, 1.82) is 0 Å². The first kappa shape index (κ1) is 14.3. The summed E-state index contributed by atoms with van der Waals surface area (Å²) in [6.07, 6.45) is -0.381. The van der Waals surface area contributed by atoms with Gasteiger partial charge in [0.05, 0.1) is 0 Å². The smallest absolute Gasteiger partial charge is 0.344 e. The lowest BCUT2D eigenvalue weighted by molar-refractivity contribution is -0.145. The largest absolute Gasteiger partial charge is 0.479 e. The molecule has 0 aliphatic rings. The van der Waals surface area contributed by atoms with E-state index in [0.29, 0.717) is 18.7 Å². The molecule has 0 fully saturated rings. The van der Waals surface area contributed by atoms with E-state index in [0.717, 1.165) is 16.3 Å². The van der Waals surface area contributed by atoms with E-state index in [1.165, 1.54) is 0 Å². The highest BCUT2D eigenvalue weighted by Crippen LogP contribution is 2.29. The van der Waals surface area contributed by atoms with Crippen molar-refractivity contribution < 1.29 is 14.6 Å². The zero-order chi connectivity index (χ0) is 14.5. The maximum absolute atomic E-state index is 11.1. The molecule has 0 saturated heterocycles. The number of benzene rings is 2. The fourth-order valence-corrected chi connectivity index (χ4v) is 2.25. The second kappa shape index (κ2) is 6.39. The van der Waals surface area contributed by atoms with Crippen molar-refractivity contribution in [3.63, 3.8) is 0 Å². The number of carboxylic acids is 1. The summed E-state index contributed by atoms with van der Waals surface area (Å²) in [5.74, 6) is -0.302. The van der Waals surface area contributed by atoms with Crippen LogP contribution in [-0.2, 0) is 11.3 Å². The predicted molar refractivity (Wildman–Crippen MR) is 79.1 cm³/mol. The monoisotopic (exact) mass is 273 g/mol. The van der Waals surface area contributed by atoms with Gasteiger partial charge in [0.1, 0.15) is 5.75 Å². The lowest BCUT2D eigenvalue weighted by Crippen LogP contribution is -2.26. The van der Waals surface area contributed by atoms with Crippen molar-refractivity contribution in [2.24, 2.45) is 0 Å².